The van der Waals surface area contributed by atoms with E-state index in [0.29, 0.717) is 5.00 Å². The summed E-state index contributed by atoms with van der Waals surface area (Å²) in [6.45, 7) is -1.26. The van der Waals surface area contributed by atoms with Crippen molar-refractivity contribution >= 4 is 22.4 Å². The molecule has 0 aliphatic rings. The van der Waals surface area contributed by atoms with Crippen molar-refractivity contribution in [2.24, 2.45) is 0 Å². The molecule has 1 aromatic heterocycles. The lowest BCUT2D eigenvalue weighted by Crippen LogP contribution is -2.20. The summed E-state index contributed by atoms with van der Waals surface area (Å²) in [5.41, 5.74) is 5.60. The molecule has 3 N–H and O–H groups in total. The third-order valence-corrected chi connectivity index (χ3v) is 2.45. The molecule has 1 rings (SSSR count). The lowest BCUT2D eigenvalue weighted by molar-refractivity contribution is -0.172. The van der Waals surface area contributed by atoms with E-state index in [4.69, 9.17) is 11.0 Å². The first kappa shape index (κ1) is 13.5. The van der Waals surface area contributed by atoms with Gasteiger partial charge in [-0.3, -0.25) is 0 Å². The minimum Gasteiger partial charge on any atom is -0.382 e. The zero-order chi connectivity index (χ0) is 12.9. The summed E-state index contributed by atoms with van der Waals surface area (Å²) >= 11 is 0.978. The van der Waals surface area contributed by atoms with Gasteiger partial charge in [0.1, 0.15) is 23.2 Å². The first-order valence-corrected chi connectivity index (χ1v) is 5.25. The van der Waals surface area contributed by atoms with Crippen LogP contribution in [0.1, 0.15) is 5.56 Å². The maximum absolute atomic E-state index is 11.7. The second kappa shape index (κ2) is 5.70. The van der Waals surface area contributed by atoms with Crippen molar-refractivity contribution in [1.82, 2.24) is 4.37 Å². The number of rotatable bonds is 5. The Balaban J connectivity index is 2.30. The Hall–Kier alpha value is -1.53. The van der Waals surface area contributed by atoms with Crippen LogP contribution in [0.4, 0.5) is 24.0 Å². The van der Waals surface area contributed by atoms with Gasteiger partial charge >= 0.3 is 6.18 Å². The van der Waals surface area contributed by atoms with Crippen LogP contribution >= 0.6 is 11.5 Å². The van der Waals surface area contributed by atoms with E-state index in [1.807, 2.05) is 6.07 Å². The number of hydrogen-bond acceptors (Lipinski definition) is 6. The molecule has 0 aromatic carbocycles. The average molecular weight is 266 g/mol. The number of alkyl halides is 3. The van der Waals surface area contributed by atoms with E-state index < -0.39 is 12.8 Å². The fraction of sp³-hybridized carbons (Fsp3) is 0.500. The second-order valence-corrected chi connectivity index (χ2v) is 3.75. The van der Waals surface area contributed by atoms with Gasteiger partial charge < -0.3 is 15.8 Å². The SMILES string of the molecule is N#Cc1c(N)nsc1NCCOCC(F)(F)F. The number of halogens is 3. The quantitative estimate of drug-likeness (QED) is 0.790. The van der Waals surface area contributed by atoms with Crippen LogP contribution in [0.15, 0.2) is 0 Å². The Labute approximate surface area is 99.1 Å². The minimum atomic E-state index is -4.33. The third kappa shape index (κ3) is 4.46. The molecule has 0 radical (unpaired) electrons. The zero-order valence-corrected chi connectivity index (χ0v) is 9.36. The van der Waals surface area contributed by atoms with E-state index in [1.54, 1.807) is 0 Å². The topological polar surface area (TPSA) is 84.0 Å². The molecule has 17 heavy (non-hydrogen) atoms. The predicted molar refractivity (Wildman–Crippen MR) is 56.6 cm³/mol. The van der Waals surface area contributed by atoms with E-state index in [0.717, 1.165) is 11.5 Å². The number of nitriles is 1. The Morgan fingerprint density at radius 1 is 1.53 bits per heavy atom. The lowest BCUT2D eigenvalue weighted by atomic mass is 10.3. The second-order valence-electron chi connectivity index (χ2n) is 2.98. The molecule has 0 fully saturated rings. The largest absolute Gasteiger partial charge is 0.411 e. The van der Waals surface area contributed by atoms with Gasteiger partial charge in [-0.2, -0.15) is 22.8 Å². The van der Waals surface area contributed by atoms with E-state index in [-0.39, 0.29) is 24.5 Å². The van der Waals surface area contributed by atoms with Gasteiger partial charge in [-0.1, -0.05) is 0 Å². The van der Waals surface area contributed by atoms with Gasteiger partial charge in [0.15, 0.2) is 5.82 Å². The smallest absolute Gasteiger partial charge is 0.382 e. The monoisotopic (exact) mass is 266 g/mol. The van der Waals surface area contributed by atoms with Crippen LogP contribution in [0.5, 0.6) is 0 Å². The normalized spacial score (nSPS) is 11.2. The molecule has 0 aliphatic heterocycles. The summed E-state index contributed by atoms with van der Waals surface area (Å²) in [4.78, 5) is 0. The molecule has 0 spiro atoms. The van der Waals surface area contributed by atoms with Gasteiger partial charge in [-0.25, -0.2) is 0 Å². The number of ether oxygens (including phenoxy) is 1. The Morgan fingerprint density at radius 2 is 2.24 bits per heavy atom. The molecule has 0 unspecified atom stereocenters. The van der Waals surface area contributed by atoms with Gasteiger partial charge in [-0.15, -0.1) is 0 Å². The lowest BCUT2D eigenvalue weighted by Gasteiger charge is -2.08. The molecular weight excluding hydrogens is 257 g/mol. The highest BCUT2D eigenvalue weighted by atomic mass is 32.1. The van der Waals surface area contributed by atoms with Crippen molar-refractivity contribution < 1.29 is 17.9 Å². The van der Waals surface area contributed by atoms with E-state index in [2.05, 4.69) is 14.4 Å². The van der Waals surface area contributed by atoms with E-state index >= 15 is 0 Å². The van der Waals surface area contributed by atoms with Crippen LogP contribution in [-0.2, 0) is 4.74 Å². The average Bonchev–Trinajstić information content (AvgIpc) is 2.57. The number of nitrogens with one attached hydrogen (secondary N) is 1. The number of nitrogens with zero attached hydrogens (tertiary/aromatic N) is 2. The summed E-state index contributed by atoms with van der Waals surface area (Å²) in [7, 11) is 0. The van der Waals surface area contributed by atoms with E-state index in [1.165, 1.54) is 0 Å². The molecule has 0 atom stereocenters. The van der Waals surface area contributed by atoms with Gasteiger partial charge in [-0.05, 0) is 11.5 Å². The fourth-order valence-corrected chi connectivity index (χ4v) is 1.64. The van der Waals surface area contributed by atoms with Crippen LogP contribution in [0.3, 0.4) is 0 Å². The molecule has 0 amide bonds. The highest BCUT2D eigenvalue weighted by Gasteiger charge is 2.27. The maximum Gasteiger partial charge on any atom is 0.411 e. The van der Waals surface area contributed by atoms with Crippen molar-refractivity contribution in [2.75, 3.05) is 30.8 Å². The van der Waals surface area contributed by atoms with Crippen molar-refractivity contribution in [3.63, 3.8) is 0 Å². The molecule has 0 saturated heterocycles. The van der Waals surface area contributed by atoms with Crippen molar-refractivity contribution in [2.45, 2.75) is 6.18 Å². The number of nitrogens with two attached hydrogens (primary N) is 1. The summed E-state index contributed by atoms with van der Waals surface area (Å²) in [6, 6.07) is 1.85. The van der Waals surface area contributed by atoms with Crippen molar-refractivity contribution in [1.29, 1.82) is 5.26 Å². The van der Waals surface area contributed by atoms with Crippen LogP contribution in [0.25, 0.3) is 0 Å². The number of hydrogen-bond donors (Lipinski definition) is 2. The molecule has 1 aromatic rings. The minimum absolute atomic E-state index is 0.108. The summed E-state index contributed by atoms with van der Waals surface area (Å²) < 4.78 is 43.3. The molecular formula is C8H9F3N4OS. The van der Waals surface area contributed by atoms with Crippen molar-refractivity contribution in [3.8, 4) is 6.07 Å². The standard InChI is InChI=1S/C8H9F3N4OS/c9-8(10,11)4-16-2-1-14-7-5(3-12)6(13)15-17-7/h14H,1-2,4H2,(H2,13,15). The molecule has 94 valence electrons. The summed E-state index contributed by atoms with van der Waals surface area (Å²) in [5, 5.41) is 11.9. The van der Waals surface area contributed by atoms with Crippen LogP contribution in [0, 0.1) is 11.3 Å². The van der Waals surface area contributed by atoms with E-state index in [9.17, 15) is 13.2 Å². The molecule has 9 heteroatoms. The molecule has 0 aliphatic carbocycles. The van der Waals surface area contributed by atoms with Gasteiger partial charge in [0.25, 0.3) is 0 Å². The fourth-order valence-electron chi connectivity index (χ4n) is 0.956. The first-order chi connectivity index (χ1) is 7.94. The summed E-state index contributed by atoms with van der Waals surface area (Å²) in [6.07, 6.45) is -4.33. The molecule has 0 saturated carbocycles. The Bertz CT molecular complexity index is 412. The predicted octanol–water partition coefficient (Wildman–Crippen LogP) is 1.59. The first-order valence-electron chi connectivity index (χ1n) is 4.47. The van der Waals surface area contributed by atoms with Crippen LogP contribution in [-0.4, -0.2) is 30.3 Å². The highest BCUT2D eigenvalue weighted by Crippen LogP contribution is 2.25. The van der Waals surface area contributed by atoms with Gasteiger partial charge in [0, 0.05) is 6.54 Å². The summed E-state index contributed by atoms with van der Waals surface area (Å²) in [5.74, 6) is 0.108. The molecule has 0 bridgehead atoms. The number of nitrogen functional groups attached to an aromatic ring is 1. The highest BCUT2D eigenvalue weighted by molar-refractivity contribution is 7.10. The van der Waals surface area contributed by atoms with Crippen LogP contribution in [0.2, 0.25) is 0 Å². The third-order valence-electron chi connectivity index (χ3n) is 1.63. The maximum atomic E-state index is 11.7. The Kier molecular flexibility index (Phi) is 4.53. The Morgan fingerprint density at radius 3 is 2.82 bits per heavy atom. The van der Waals surface area contributed by atoms with Crippen molar-refractivity contribution in [3.05, 3.63) is 5.56 Å². The zero-order valence-electron chi connectivity index (χ0n) is 8.54. The molecule has 1 heterocycles. The molecule has 5 nitrogen and oxygen atoms in total. The van der Waals surface area contributed by atoms with Gasteiger partial charge in [0.05, 0.1) is 6.61 Å². The number of anilines is 2. The number of aromatic nitrogens is 1. The van der Waals surface area contributed by atoms with Gasteiger partial charge in [0.2, 0.25) is 0 Å². The van der Waals surface area contributed by atoms with Crippen LogP contribution < -0.4 is 11.1 Å².